The second-order valence-electron chi connectivity index (χ2n) is 4.18. The highest BCUT2D eigenvalue weighted by Crippen LogP contribution is 2.17. The molecule has 0 radical (unpaired) electrons. The van der Waals surface area contributed by atoms with Gasteiger partial charge in [0, 0.05) is 13.1 Å². The van der Waals surface area contributed by atoms with Crippen LogP contribution in [0.3, 0.4) is 0 Å². The number of morpholine rings is 1. The van der Waals surface area contributed by atoms with Crippen molar-refractivity contribution in [2.45, 2.75) is 31.9 Å². The van der Waals surface area contributed by atoms with Crippen molar-refractivity contribution in [2.24, 2.45) is 0 Å². The molecule has 1 fully saturated rings. The molecule has 0 amide bonds. The van der Waals surface area contributed by atoms with Gasteiger partial charge in [-0.2, -0.15) is 5.10 Å². The summed E-state index contributed by atoms with van der Waals surface area (Å²) in [5.41, 5.74) is 0.805. The molecule has 1 saturated heterocycles. The lowest BCUT2D eigenvalue weighted by Gasteiger charge is -2.35. The van der Waals surface area contributed by atoms with Gasteiger partial charge in [0.2, 0.25) is 0 Å². The summed E-state index contributed by atoms with van der Waals surface area (Å²) in [5.74, 6) is 1.30. The minimum atomic E-state index is 0.234. The summed E-state index contributed by atoms with van der Waals surface area (Å²) in [7, 11) is 0. The Morgan fingerprint density at radius 1 is 1.31 bits per heavy atom. The molecule has 1 aromatic rings. The van der Waals surface area contributed by atoms with Crippen molar-refractivity contribution in [3.63, 3.8) is 0 Å². The smallest absolute Gasteiger partial charge is 0.151 e. The molecular formula is C11H16ClN3O. The molecule has 2 rings (SSSR count). The third-order valence-electron chi connectivity index (χ3n) is 2.59. The fraction of sp³-hybridized carbons (Fsp3) is 0.636. The predicted molar refractivity (Wildman–Crippen MR) is 63.8 cm³/mol. The number of hydrogen-bond donors (Lipinski definition) is 0. The van der Waals surface area contributed by atoms with E-state index in [4.69, 9.17) is 16.3 Å². The molecular weight excluding hydrogens is 226 g/mol. The van der Waals surface area contributed by atoms with Gasteiger partial charge in [-0.25, -0.2) is 0 Å². The highest BCUT2D eigenvalue weighted by atomic mass is 35.5. The lowest BCUT2D eigenvalue weighted by atomic mass is 10.2. The summed E-state index contributed by atoms with van der Waals surface area (Å²) in [4.78, 5) is 2.20. The van der Waals surface area contributed by atoms with Gasteiger partial charge in [-0.15, -0.1) is 16.7 Å². The van der Waals surface area contributed by atoms with E-state index in [2.05, 4.69) is 28.9 Å². The van der Waals surface area contributed by atoms with E-state index in [0.29, 0.717) is 5.88 Å². The zero-order chi connectivity index (χ0) is 11.5. The number of ether oxygens (including phenoxy) is 1. The van der Waals surface area contributed by atoms with Crippen molar-refractivity contribution in [3.8, 4) is 0 Å². The van der Waals surface area contributed by atoms with E-state index in [-0.39, 0.29) is 12.2 Å². The molecule has 2 atom stereocenters. The number of alkyl halides is 1. The van der Waals surface area contributed by atoms with Gasteiger partial charge < -0.3 is 9.64 Å². The molecule has 0 spiro atoms. The number of nitrogens with zero attached hydrogens (tertiary/aromatic N) is 3. The number of anilines is 1. The summed E-state index contributed by atoms with van der Waals surface area (Å²) < 4.78 is 5.67. The quantitative estimate of drug-likeness (QED) is 0.741. The molecule has 0 aromatic carbocycles. The Balaban J connectivity index is 2.10. The monoisotopic (exact) mass is 241 g/mol. The van der Waals surface area contributed by atoms with E-state index in [1.165, 1.54) is 0 Å². The second kappa shape index (κ2) is 4.97. The second-order valence-corrected chi connectivity index (χ2v) is 4.45. The first-order valence-electron chi connectivity index (χ1n) is 5.48. The van der Waals surface area contributed by atoms with Crippen molar-refractivity contribution < 1.29 is 4.74 Å². The third-order valence-corrected chi connectivity index (χ3v) is 2.86. The van der Waals surface area contributed by atoms with Crippen molar-refractivity contribution in [1.29, 1.82) is 0 Å². The number of rotatable bonds is 2. The first kappa shape index (κ1) is 11.6. The Morgan fingerprint density at radius 2 is 2.00 bits per heavy atom. The van der Waals surface area contributed by atoms with E-state index in [1.54, 1.807) is 0 Å². The standard InChI is InChI=1S/C11H16ClN3O/c1-8-6-15(7-9(2)16-8)11-4-3-10(5-12)13-14-11/h3-4,8-9H,5-7H2,1-2H3/t8-,9+. The summed E-state index contributed by atoms with van der Waals surface area (Å²) in [5, 5.41) is 8.24. The van der Waals surface area contributed by atoms with Gasteiger partial charge in [0.05, 0.1) is 23.8 Å². The molecule has 1 aromatic heterocycles. The van der Waals surface area contributed by atoms with Crippen molar-refractivity contribution in [2.75, 3.05) is 18.0 Å². The van der Waals surface area contributed by atoms with Crippen LogP contribution in [0.4, 0.5) is 5.82 Å². The van der Waals surface area contributed by atoms with Crippen LogP contribution in [-0.2, 0) is 10.6 Å². The van der Waals surface area contributed by atoms with Gasteiger partial charge in [-0.1, -0.05) is 0 Å². The van der Waals surface area contributed by atoms with Gasteiger partial charge >= 0.3 is 0 Å². The van der Waals surface area contributed by atoms with Crippen LogP contribution < -0.4 is 4.90 Å². The first-order chi connectivity index (χ1) is 7.69. The third kappa shape index (κ3) is 2.62. The number of halogens is 1. The normalized spacial score (nSPS) is 25.8. The van der Waals surface area contributed by atoms with Crippen LogP contribution in [0.15, 0.2) is 12.1 Å². The summed E-state index contributed by atoms with van der Waals surface area (Å²) >= 11 is 5.68. The fourth-order valence-electron chi connectivity index (χ4n) is 1.96. The van der Waals surface area contributed by atoms with Crippen molar-refractivity contribution in [1.82, 2.24) is 10.2 Å². The van der Waals surface area contributed by atoms with Crippen molar-refractivity contribution in [3.05, 3.63) is 17.8 Å². The molecule has 1 aliphatic rings. The Kier molecular flexibility index (Phi) is 3.61. The van der Waals surface area contributed by atoms with Gasteiger partial charge in [-0.3, -0.25) is 0 Å². The summed E-state index contributed by atoms with van der Waals surface area (Å²) in [6.45, 7) is 5.87. The van der Waals surface area contributed by atoms with Crippen LogP contribution in [0, 0.1) is 0 Å². The van der Waals surface area contributed by atoms with Gasteiger partial charge in [0.1, 0.15) is 0 Å². The number of hydrogen-bond acceptors (Lipinski definition) is 4. The van der Waals surface area contributed by atoms with Crippen LogP contribution >= 0.6 is 11.6 Å². The maximum Gasteiger partial charge on any atom is 0.151 e. The molecule has 5 heteroatoms. The molecule has 0 bridgehead atoms. The lowest BCUT2D eigenvalue weighted by Crippen LogP contribution is -2.45. The SMILES string of the molecule is C[C@@H]1CN(c2ccc(CCl)nn2)C[C@H](C)O1. The minimum absolute atomic E-state index is 0.234. The maximum atomic E-state index is 5.68. The Morgan fingerprint density at radius 3 is 2.50 bits per heavy atom. The Labute approximate surface area is 101 Å². The topological polar surface area (TPSA) is 38.2 Å². The molecule has 4 nitrogen and oxygen atoms in total. The van der Waals surface area contributed by atoms with Crippen LogP contribution in [0.5, 0.6) is 0 Å². The molecule has 0 saturated carbocycles. The Bertz CT molecular complexity index is 334. The van der Waals surface area contributed by atoms with E-state index in [0.717, 1.165) is 24.6 Å². The van der Waals surface area contributed by atoms with E-state index in [1.807, 2.05) is 12.1 Å². The predicted octanol–water partition coefficient (Wildman–Crippen LogP) is 1.83. The number of aromatic nitrogens is 2. The molecule has 16 heavy (non-hydrogen) atoms. The summed E-state index contributed by atoms with van der Waals surface area (Å²) in [6, 6.07) is 3.88. The summed E-state index contributed by atoms with van der Waals surface area (Å²) in [6.07, 6.45) is 0.469. The zero-order valence-electron chi connectivity index (χ0n) is 9.56. The first-order valence-corrected chi connectivity index (χ1v) is 6.01. The van der Waals surface area contributed by atoms with Crippen LogP contribution in [0.2, 0.25) is 0 Å². The minimum Gasteiger partial charge on any atom is -0.372 e. The van der Waals surface area contributed by atoms with Gasteiger partial charge in [0.25, 0.3) is 0 Å². The average molecular weight is 242 g/mol. The van der Waals surface area contributed by atoms with E-state index in [9.17, 15) is 0 Å². The zero-order valence-corrected chi connectivity index (χ0v) is 10.3. The van der Waals surface area contributed by atoms with E-state index < -0.39 is 0 Å². The maximum absolute atomic E-state index is 5.68. The van der Waals surface area contributed by atoms with Crippen LogP contribution in [0.25, 0.3) is 0 Å². The molecule has 88 valence electrons. The van der Waals surface area contributed by atoms with Crippen LogP contribution in [-0.4, -0.2) is 35.5 Å². The molecule has 0 unspecified atom stereocenters. The Hall–Kier alpha value is -0.870. The molecule has 2 heterocycles. The van der Waals surface area contributed by atoms with E-state index >= 15 is 0 Å². The molecule has 0 N–H and O–H groups in total. The molecule has 1 aliphatic heterocycles. The lowest BCUT2D eigenvalue weighted by molar-refractivity contribution is -0.00550. The van der Waals surface area contributed by atoms with Crippen LogP contribution in [0.1, 0.15) is 19.5 Å². The highest BCUT2D eigenvalue weighted by Gasteiger charge is 2.23. The van der Waals surface area contributed by atoms with Gasteiger partial charge in [0.15, 0.2) is 5.82 Å². The largest absolute Gasteiger partial charge is 0.372 e. The highest BCUT2D eigenvalue weighted by molar-refractivity contribution is 6.16. The molecule has 0 aliphatic carbocycles. The van der Waals surface area contributed by atoms with Gasteiger partial charge in [-0.05, 0) is 26.0 Å². The fourth-order valence-corrected chi connectivity index (χ4v) is 2.10. The van der Waals surface area contributed by atoms with Crippen molar-refractivity contribution >= 4 is 17.4 Å². The average Bonchev–Trinajstić information content (AvgIpc) is 2.28.